The summed E-state index contributed by atoms with van der Waals surface area (Å²) in [7, 11) is 0. The van der Waals surface area contributed by atoms with Gasteiger partial charge in [-0.05, 0) is 28.1 Å². The first-order valence-corrected chi connectivity index (χ1v) is 7.85. The average Bonchev–Trinajstić information content (AvgIpc) is 3.09. The Bertz CT molecular complexity index is 837. The van der Waals surface area contributed by atoms with Crippen LogP contribution in [0.15, 0.2) is 46.1 Å². The number of aliphatic imine (C=N–C) groups is 1. The summed E-state index contributed by atoms with van der Waals surface area (Å²) in [5.41, 5.74) is 2.65. The second kappa shape index (κ2) is 8.73. The van der Waals surface area contributed by atoms with E-state index in [0.29, 0.717) is 12.2 Å². The van der Waals surface area contributed by atoms with Crippen LogP contribution in [0.25, 0.3) is 11.0 Å². The number of hydrogen-bond acceptors (Lipinski definition) is 7. The summed E-state index contributed by atoms with van der Waals surface area (Å²) in [5, 5.41) is 22.0. The number of carbonyl (C=O) groups is 2. The number of carboxylic acid groups (broad SMARTS) is 2. The van der Waals surface area contributed by atoms with Crippen LogP contribution in [-0.4, -0.2) is 51.2 Å². The van der Waals surface area contributed by atoms with Gasteiger partial charge in [0.1, 0.15) is 5.52 Å². The molecule has 0 unspecified atom stereocenters. The lowest BCUT2D eigenvalue weighted by atomic mass is 10.2. The van der Waals surface area contributed by atoms with Crippen molar-refractivity contribution in [3.05, 3.63) is 41.2 Å². The van der Waals surface area contributed by atoms with Crippen molar-refractivity contribution < 1.29 is 19.8 Å². The minimum atomic E-state index is -1.26. The van der Waals surface area contributed by atoms with Crippen LogP contribution in [0.5, 0.6) is 0 Å². The van der Waals surface area contributed by atoms with Gasteiger partial charge in [0.15, 0.2) is 5.96 Å². The molecule has 1 aliphatic heterocycles. The SMILES string of the molecule is Brc1c(NC2=NCCN2)ccc2nccnc12.O=C(O)/C=C\C(=O)O. The molecule has 130 valence electrons. The summed E-state index contributed by atoms with van der Waals surface area (Å²) in [6, 6.07) is 3.90. The number of halogens is 1. The van der Waals surface area contributed by atoms with Crippen LogP contribution in [0.4, 0.5) is 5.69 Å². The van der Waals surface area contributed by atoms with Gasteiger partial charge in [-0.1, -0.05) is 0 Å². The maximum Gasteiger partial charge on any atom is 0.328 e. The van der Waals surface area contributed by atoms with E-state index in [2.05, 4.69) is 41.5 Å². The van der Waals surface area contributed by atoms with Gasteiger partial charge in [0.25, 0.3) is 0 Å². The molecule has 0 radical (unpaired) electrons. The van der Waals surface area contributed by atoms with Crippen LogP contribution in [-0.2, 0) is 9.59 Å². The maximum atomic E-state index is 9.55. The van der Waals surface area contributed by atoms with Crippen LogP contribution in [0.2, 0.25) is 0 Å². The Morgan fingerprint density at radius 2 is 1.84 bits per heavy atom. The lowest BCUT2D eigenvalue weighted by Crippen LogP contribution is -2.26. The third-order valence-electron chi connectivity index (χ3n) is 2.87. The summed E-state index contributed by atoms with van der Waals surface area (Å²) >= 11 is 3.54. The van der Waals surface area contributed by atoms with Crippen molar-refractivity contribution in [1.82, 2.24) is 15.3 Å². The predicted octanol–water partition coefficient (Wildman–Crippen LogP) is 1.48. The van der Waals surface area contributed by atoms with E-state index in [9.17, 15) is 9.59 Å². The van der Waals surface area contributed by atoms with Crippen LogP contribution in [0.3, 0.4) is 0 Å². The molecule has 0 fully saturated rings. The lowest BCUT2D eigenvalue weighted by molar-refractivity contribution is -0.134. The fourth-order valence-corrected chi connectivity index (χ4v) is 2.39. The highest BCUT2D eigenvalue weighted by molar-refractivity contribution is 9.10. The Kier molecular flexibility index (Phi) is 6.40. The first-order chi connectivity index (χ1) is 12.0. The average molecular weight is 408 g/mol. The quantitative estimate of drug-likeness (QED) is 0.561. The molecule has 0 saturated carbocycles. The van der Waals surface area contributed by atoms with E-state index in [-0.39, 0.29) is 0 Å². The molecule has 2 heterocycles. The highest BCUT2D eigenvalue weighted by atomic mass is 79.9. The molecule has 0 aliphatic carbocycles. The third-order valence-corrected chi connectivity index (χ3v) is 3.68. The summed E-state index contributed by atoms with van der Waals surface area (Å²) in [6.45, 7) is 1.70. The zero-order valence-electron chi connectivity index (χ0n) is 12.8. The van der Waals surface area contributed by atoms with E-state index in [4.69, 9.17) is 10.2 Å². The monoisotopic (exact) mass is 407 g/mol. The van der Waals surface area contributed by atoms with Gasteiger partial charge < -0.3 is 20.8 Å². The number of carboxylic acids is 2. The van der Waals surface area contributed by atoms with Gasteiger partial charge in [0.2, 0.25) is 0 Å². The van der Waals surface area contributed by atoms with E-state index in [1.54, 1.807) is 12.4 Å². The second-order valence-corrected chi connectivity index (χ2v) is 5.44. The fraction of sp³-hybridized carbons (Fsp3) is 0.133. The number of benzene rings is 1. The molecular weight excluding hydrogens is 394 g/mol. The number of fused-ring (bicyclic) bond motifs is 1. The molecule has 4 N–H and O–H groups in total. The zero-order valence-corrected chi connectivity index (χ0v) is 14.4. The molecule has 25 heavy (non-hydrogen) atoms. The standard InChI is InChI=1S/C11H10BrN5.C4H4O4/c12-9-7(17-11-15-5-6-16-11)1-2-8-10(9)14-4-3-13-8;5-3(6)1-2-4(7)8/h1-4H,5-6H2,(H2,15,16,17);1-2H,(H,5,6)(H,7,8)/b;2-1-. The Morgan fingerprint density at radius 1 is 1.16 bits per heavy atom. The smallest absolute Gasteiger partial charge is 0.328 e. The molecule has 0 amide bonds. The number of aliphatic carboxylic acids is 2. The molecule has 0 atom stereocenters. The number of nitrogens with zero attached hydrogens (tertiary/aromatic N) is 3. The minimum Gasteiger partial charge on any atom is -0.478 e. The Hall–Kier alpha value is -3.01. The van der Waals surface area contributed by atoms with Gasteiger partial charge in [-0.3, -0.25) is 15.0 Å². The summed E-state index contributed by atoms with van der Waals surface area (Å²) in [5.74, 6) is -1.71. The molecule has 0 spiro atoms. The van der Waals surface area contributed by atoms with E-state index >= 15 is 0 Å². The summed E-state index contributed by atoms with van der Waals surface area (Å²) in [6.07, 6.45) is 4.48. The number of rotatable bonds is 3. The molecule has 0 bridgehead atoms. The number of hydrogen-bond donors (Lipinski definition) is 4. The third kappa shape index (κ3) is 5.53. The largest absolute Gasteiger partial charge is 0.478 e. The van der Waals surface area contributed by atoms with Gasteiger partial charge in [0.05, 0.1) is 22.2 Å². The fourth-order valence-electron chi connectivity index (χ4n) is 1.85. The van der Waals surface area contributed by atoms with Gasteiger partial charge in [-0.2, -0.15) is 0 Å². The van der Waals surface area contributed by atoms with E-state index in [1.165, 1.54) is 0 Å². The molecule has 1 aliphatic rings. The maximum absolute atomic E-state index is 9.55. The highest BCUT2D eigenvalue weighted by Gasteiger charge is 2.10. The van der Waals surface area contributed by atoms with E-state index in [1.807, 2.05) is 12.1 Å². The summed E-state index contributed by atoms with van der Waals surface area (Å²) < 4.78 is 0.902. The predicted molar refractivity (Wildman–Crippen MR) is 95.6 cm³/mol. The molecule has 3 rings (SSSR count). The van der Waals surface area contributed by atoms with Crippen LogP contribution >= 0.6 is 15.9 Å². The minimum absolute atomic E-state index is 0.558. The first-order valence-electron chi connectivity index (χ1n) is 7.06. The zero-order chi connectivity index (χ0) is 18.2. The van der Waals surface area contributed by atoms with E-state index in [0.717, 1.165) is 40.2 Å². The van der Waals surface area contributed by atoms with Crippen LogP contribution in [0, 0.1) is 0 Å². The van der Waals surface area contributed by atoms with Crippen LogP contribution in [0.1, 0.15) is 0 Å². The number of aromatic nitrogens is 2. The van der Waals surface area contributed by atoms with Gasteiger partial charge in [-0.15, -0.1) is 0 Å². The number of nitrogens with one attached hydrogen (secondary N) is 2. The molecule has 0 saturated heterocycles. The highest BCUT2D eigenvalue weighted by Crippen LogP contribution is 2.28. The van der Waals surface area contributed by atoms with Crippen molar-refractivity contribution in [2.24, 2.45) is 4.99 Å². The molecule has 9 nitrogen and oxygen atoms in total. The Labute approximate surface area is 150 Å². The van der Waals surface area contributed by atoms with Gasteiger partial charge >= 0.3 is 11.9 Å². The Morgan fingerprint density at radius 3 is 2.44 bits per heavy atom. The summed E-state index contributed by atoms with van der Waals surface area (Å²) in [4.78, 5) is 32.0. The van der Waals surface area contributed by atoms with Gasteiger partial charge in [-0.25, -0.2) is 9.59 Å². The number of anilines is 1. The molecule has 1 aromatic heterocycles. The van der Waals surface area contributed by atoms with E-state index < -0.39 is 11.9 Å². The number of guanidine groups is 1. The van der Waals surface area contributed by atoms with Crippen molar-refractivity contribution in [3.8, 4) is 0 Å². The molecular formula is C15H14BrN5O4. The van der Waals surface area contributed by atoms with Crippen LogP contribution < -0.4 is 10.6 Å². The van der Waals surface area contributed by atoms with Crippen molar-refractivity contribution in [1.29, 1.82) is 0 Å². The topological polar surface area (TPSA) is 137 Å². The lowest BCUT2D eigenvalue weighted by Gasteiger charge is -2.09. The molecule has 1 aromatic carbocycles. The van der Waals surface area contributed by atoms with Crippen molar-refractivity contribution in [2.45, 2.75) is 0 Å². The molecule has 10 heteroatoms. The van der Waals surface area contributed by atoms with Crippen molar-refractivity contribution in [2.75, 3.05) is 18.4 Å². The Balaban J connectivity index is 0.000000242. The molecule has 2 aromatic rings. The van der Waals surface area contributed by atoms with Crippen molar-refractivity contribution >= 4 is 50.5 Å². The first kappa shape index (κ1) is 18.3. The second-order valence-electron chi connectivity index (χ2n) is 4.64. The normalized spacial score (nSPS) is 12.9. The van der Waals surface area contributed by atoms with Gasteiger partial charge in [0, 0.05) is 31.1 Å². The van der Waals surface area contributed by atoms with Crippen molar-refractivity contribution in [3.63, 3.8) is 0 Å².